The van der Waals surface area contributed by atoms with Crippen LogP contribution in [-0.2, 0) is 17.7 Å². The minimum atomic E-state index is -0.638. The number of aliphatic hydroxyl groups excluding tert-OH is 1. The van der Waals surface area contributed by atoms with Gasteiger partial charge in [0.05, 0.1) is 13.2 Å². The summed E-state index contributed by atoms with van der Waals surface area (Å²) in [4.78, 5) is 31.2. The van der Waals surface area contributed by atoms with Gasteiger partial charge in [-0.05, 0) is 80.1 Å². The quantitative estimate of drug-likeness (QED) is 0.337. The van der Waals surface area contributed by atoms with E-state index in [2.05, 4.69) is 4.98 Å². The lowest BCUT2D eigenvalue weighted by molar-refractivity contribution is 0.0201. The summed E-state index contributed by atoms with van der Waals surface area (Å²) in [5.74, 6) is -0.0922. The summed E-state index contributed by atoms with van der Waals surface area (Å²) < 4.78 is 5.41. The van der Waals surface area contributed by atoms with Crippen LogP contribution in [0.4, 0.5) is 10.5 Å². The fourth-order valence-corrected chi connectivity index (χ4v) is 3.96. The molecule has 0 unspecified atom stereocenters. The van der Waals surface area contributed by atoms with Gasteiger partial charge in [-0.15, -0.1) is 0 Å². The number of hydrogen-bond donors (Lipinski definition) is 2. The highest BCUT2D eigenvalue weighted by molar-refractivity contribution is 5.96. The molecule has 3 aromatic rings. The third-order valence-electron chi connectivity index (χ3n) is 5.97. The number of carbonyl (C=O) groups is 2. The number of rotatable bonds is 8. The van der Waals surface area contributed by atoms with E-state index >= 15 is 0 Å². The maximum atomic E-state index is 13.0. The second kappa shape index (κ2) is 11.4. The SMILES string of the molecule is Cc1c(N)cccc1-c1cccc(CC(=O)c2ccc(CN(CCO)C(=O)OC(C)(C)C)cn2)c1C. The number of hydrogen-bond acceptors (Lipinski definition) is 6. The molecule has 1 amide bonds. The van der Waals surface area contributed by atoms with Gasteiger partial charge in [-0.2, -0.15) is 0 Å². The Morgan fingerprint density at radius 3 is 2.28 bits per heavy atom. The molecule has 190 valence electrons. The first-order valence-electron chi connectivity index (χ1n) is 12.0. The van der Waals surface area contributed by atoms with Crippen LogP contribution in [0, 0.1) is 13.8 Å². The smallest absolute Gasteiger partial charge is 0.410 e. The summed E-state index contributed by atoms with van der Waals surface area (Å²) in [5, 5.41) is 9.35. The Hall–Kier alpha value is -3.71. The van der Waals surface area contributed by atoms with Crippen molar-refractivity contribution >= 4 is 17.6 Å². The van der Waals surface area contributed by atoms with Crippen LogP contribution >= 0.6 is 0 Å². The van der Waals surface area contributed by atoms with Crippen molar-refractivity contribution in [1.29, 1.82) is 0 Å². The van der Waals surface area contributed by atoms with Gasteiger partial charge in [0.25, 0.3) is 0 Å². The highest BCUT2D eigenvalue weighted by atomic mass is 16.6. The Morgan fingerprint density at radius 1 is 1.00 bits per heavy atom. The minimum absolute atomic E-state index is 0.0922. The lowest BCUT2D eigenvalue weighted by Crippen LogP contribution is -2.38. The molecule has 0 aliphatic carbocycles. The topological polar surface area (TPSA) is 106 Å². The molecule has 0 saturated heterocycles. The molecule has 3 rings (SSSR count). The largest absolute Gasteiger partial charge is 0.444 e. The van der Waals surface area contributed by atoms with Gasteiger partial charge in [0.1, 0.15) is 11.3 Å². The van der Waals surface area contributed by atoms with E-state index in [-0.39, 0.29) is 31.9 Å². The zero-order chi connectivity index (χ0) is 26.5. The number of Topliss-reactive ketones (excluding diaryl/α,β-unsaturated/α-hetero) is 1. The second-order valence-corrected chi connectivity index (χ2v) is 9.89. The van der Waals surface area contributed by atoms with E-state index < -0.39 is 11.7 Å². The van der Waals surface area contributed by atoms with Gasteiger partial charge in [0, 0.05) is 24.8 Å². The molecular formula is C29H35N3O4. The maximum absolute atomic E-state index is 13.0. The van der Waals surface area contributed by atoms with Crippen molar-refractivity contribution in [3.05, 3.63) is 82.7 Å². The van der Waals surface area contributed by atoms with Crippen molar-refractivity contribution in [2.75, 3.05) is 18.9 Å². The van der Waals surface area contributed by atoms with E-state index in [9.17, 15) is 14.7 Å². The van der Waals surface area contributed by atoms with Crippen LogP contribution in [0.3, 0.4) is 0 Å². The van der Waals surface area contributed by atoms with Gasteiger partial charge in [0.2, 0.25) is 0 Å². The Balaban J connectivity index is 1.74. The highest BCUT2D eigenvalue weighted by Gasteiger charge is 2.22. The van der Waals surface area contributed by atoms with Gasteiger partial charge < -0.3 is 20.5 Å². The number of aromatic nitrogens is 1. The van der Waals surface area contributed by atoms with Gasteiger partial charge in [-0.25, -0.2) is 4.79 Å². The Kier molecular flexibility index (Phi) is 8.48. The number of pyridine rings is 1. The number of ketones is 1. The summed E-state index contributed by atoms with van der Waals surface area (Å²) in [6.45, 7) is 9.56. The molecule has 7 heteroatoms. The van der Waals surface area contributed by atoms with E-state index in [1.54, 1.807) is 39.1 Å². The lowest BCUT2D eigenvalue weighted by atomic mass is 9.91. The predicted octanol–water partition coefficient (Wildman–Crippen LogP) is 5.10. The summed E-state index contributed by atoms with van der Waals surface area (Å²) in [6, 6.07) is 15.3. The molecule has 0 saturated carbocycles. The Labute approximate surface area is 212 Å². The van der Waals surface area contributed by atoms with E-state index in [1.807, 2.05) is 50.2 Å². The summed E-state index contributed by atoms with van der Waals surface area (Å²) in [6.07, 6.45) is 1.30. The molecule has 0 spiro atoms. The first kappa shape index (κ1) is 26.9. The van der Waals surface area contributed by atoms with E-state index in [0.29, 0.717) is 5.69 Å². The molecular weight excluding hydrogens is 454 g/mol. The minimum Gasteiger partial charge on any atom is -0.444 e. The molecule has 0 aliphatic rings. The molecule has 3 N–H and O–H groups in total. The van der Waals surface area contributed by atoms with Crippen LogP contribution in [0.15, 0.2) is 54.7 Å². The van der Waals surface area contributed by atoms with Crippen molar-refractivity contribution < 1.29 is 19.4 Å². The zero-order valence-corrected chi connectivity index (χ0v) is 21.7. The molecule has 1 heterocycles. The molecule has 7 nitrogen and oxygen atoms in total. The molecule has 0 aliphatic heterocycles. The van der Waals surface area contributed by atoms with Crippen molar-refractivity contribution in [1.82, 2.24) is 9.88 Å². The normalized spacial score (nSPS) is 11.3. The molecule has 1 aromatic heterocycles. The Bertz CT molecular complexity index is 1230. The fraction of sp³-hybridized carbons (Fsp3) is 0.345. The number of carbonyl (C=O) groups excluding carboxylic acids is 2. The Morgan fingerprint density at radius 2 is 1.67 bits per heavy atom. The van der Waals surface area contributed by atoms with Crippen LogP contribution < -0.4 is 5.73 Å². The molecule has 36 heavy (non-hydrogen) atoms. The van der Waals surface area contributed by atoms with Gasteiger partial charge >= 0.3 is 6.09 Å². The molecule has 0 atom stereocenters. The fourth-order valence-electron chi connectivity index (χ4n) is 3.96. The summed E-state index contributed by atoms with van der Waals surface area (Å²) in [5.41, 5.74) is 12.4. The van der Waals surface area contributed by atoms with E-state index in [1.165, 1.54) is 4.90 Å². The maximum Gasteiger partial charge on any atom is 0.410 e. The van der Waals surface area contributed by atoms with Crippen LogP contribution in [0.2, 0.25) is 0 Å². The summed E-state index contributed by atoms with van der Waals surface area (Å²) in [7, 11) is 0. The number of ether oxygens (including phenoxy) is 1. The standard InChI is InChI=1S/C29H35N3O4/c1-19-22(8-6-9-23(19)24-10-7-11-25(30)20(24)2)16-27(34)26-13-12-21(17-31-26)18-32(14-15-33)28(35)36-29(3,4)5/h6-13,17,33H,14-16,18,30H2,1-5H3. The number of nitrogen functional groups attached to an aromatic ring is 1. The van der Waals surface area contributed by atoms with Gasteiger partial charge in [-0.3, -0.25) is 9.78 Å². The van der Waals surface area contributed by atoms with Crippen molar-refractivity contribution in [3.63, 3.8) is 0 Å². The predicted molar refractivity (Wildman–Crippen MR) is 142 cm³/mol. The van der Waals surface area contributed by atoms with Crippen LogP contribution in [0.1, 0.15) is 53.5 Å². The molecule has 2 aromatic carbocycles. The third-order valence-corrected chi connectivity index (χ3v) is 5.97. The average molecular weight is 490 g/mol. The van der Waals surface area contributed by atoms with Gasteiger partial charge in [0.15, 0.2) is 5.78 Å². The lowest BCUT2D eigenvalue weighted by Gasteiger charge is -2.27. The first-order chi connectivity index (χ1) is 17.0. The molecule has 0 fully saturated rings. The van der Waals surface area contributed by atoms with Crippen molar-refractivity contribution in [2.24, 2.45) is 0 Å². The number of nitrogens with zero attached hydrogens (tertiary/aromatic N) is 2. The van der Waals surface area contributed by atoms with Crippen LogP contribution in [0.5, 0.6) is 0 Å². The van der Waals surface area contributed by atoms with E-state index in [4.69, 9.17) is 10.5 Å². The number of nitrogens with two attached hydrogens (primary N) is 1. The average Bonchev–Trinajstić information content (AvgIpc) is 2.81. The first-order valence-corrected chi connectivity index (χ1v) is 12.0. The van der Waals surface area contributed by atoms with E-state index in [0.717, 1.165) is 39.1 Å². The monoisotopic (exact) mass is 489 g/mol. The number of anilines is 1. The van der Waals surface area contributed by atoms with Crippen LogP contribution in [-0.4, -0.2) is 45.6 Å². The third kappa shape index (κ3) is 6.70. The van der Waals surface area contributed by atoms with Crippen molar-refractivity contribution in [3.8, 4) is 11.1 Å². The molecule has 0 radical (unpaired) electrons. The zero-order valence-electron chi connectivity index (χ0n) is 21.7. The van der Waals surface area contributed by atoms with Crippen molar-refractivity contribution in [2.45, 2.75) is 53.2 Å². The second-order valence-electron chi connectivity index (χ2n) is 9.89. The number of aliphatic hydroxyl groups is 1. The molecule has 0 bridgehead atoms. The number of benzene rings is 2. The number of amides is 1. The van der Waals surface area contributed by atoms with Crippen LogP contribution in [0.25, 0.3) is 11.1 Å². The van der Waals surface area contributed by atoms with Gasteiger partial charge in [-0.1, -0.05) is 36.4 Å². The highest BCUT2D eigenvalue weighted by Crippen LogP contribution is 2.31. The summed E-state index contributed by atoms with van der Waals surface area (Å²) >= 11 is 0.